The molecule has 216 valence electrons. The van der Waals surface area contributed by atoms with Crippen LogP contribution in [0.25, 0.3) is 28.0 Å². The number of rotatable bonds is 7. The quantitative estimate of drug-likeness (QED) is 0.201. The van der Waals surface area contributed by atoms with E-state index in [9.17, 15) is 14.4 Å². The highest BCUT2D eigenvalue weighted by Gasteiger charge is 2.30. The molecular weight excluding hydrogens is 550 g/mol. The Morgan fingerprint density at radius 1 is 1.14 bits per heavy atom. The number of aryl methyl sites for hydroxylation is 1. The lowest BCUT2D eigenvalue weighted by Crippen LogP contribution is -2.54. The first kappa shape index (κ1) is 29.2. The summed E-state index contributed by atoms with van der Waals surface area (Å²) in [5.74, 6) is 0.468. The second-order valence-electron chi connectivity index (χ2n) is 10.8. The van der Waals surface area contributed by atoms with Gasteiger partial charge in [0, 0.05) is 36.8 Å². The maximum atomic E-state index is 14.1. The van der Waals surface area contributed by atoms with Crippen molar-refractivity contribution in [3.63, 3.8) is 0 Å². The predicted molar refractivity (Wildman–Crippen MR) is 168 cm³/mol. The fraction of sp³-hybridized carbons (Fsp3) is 0.303. The van der Waals surface area contributed by atoms with Crippen LogP contribution in [0.15, 0.2) is 66.0 Å². The SMILES string of the molecule is C=CC(=O)N1CCN(c2nc(=O)n(-c3c(CC)cccc3C(C)C)c3nc(-c4ccccc4C=O)c(Cl)cc23)[C@@H](C)C1. The molecule has 1 atom stereocenters. The van der Waals surface area contributed by atoms with Gasteiger partial charge in [-0.2, -0.15) is 4.98 Å². The Balaban J connectivity index is 1.84. The van der Waals surface area contributed by atoms with E-state index in [1.54, 1.807) is 33.7 Å². The van der Waals surface area contributed by atoms with Crippen LogP contribution in [0.4, 0.5) is 5.82 Å². The third-order valence-corrected chi connectivity index (χ3v) is 8.20. The number of benzene rings is 2. The molecule has 1 saturated heterocycles. The van der Waals surface area contributed by atoms with Crippen molar-refractivity contribution in [1.82, 2.24) is 19.4 Å². The summed E-state index contributed by atoms with van der Waals surface area (Å²) in [6.07, 6.45) is 2.80. The molecule has 4 aromatic rings. The van der Waals surface area contributed by atoms with Crippen LogP contribution in [0.1, 0.15) is 55.1 Å². The standard InChI is InChI=1S/C33H34ClN5O3/c1-6-22-12-10-14-24(20(3)4)30(22)39-32-26(17-27(34)29(35-32)25-13-9-8-11-23(25)19-40)31(36-33(39)42)38-16-15-37(18-21(38)5)28(41)7-2/h7-14,17,19-21H,2,6,15-16,18H2,1,3-5H3/t21-/m0/s1. The molecule has 2 aromatic heterocycles. The molecule has 0 aliphatic carbocycles. The number of anilines is 1. The van der Waals surface area contributed by atoms with E-state index in [0.717, 1.165) is 23.1 Å². The molecule has 0 spiro atoms. The molecule has 9 heteroatoms. The first-order valence-electron chi connectivity index (χ1n) is 14.2. The molecule has 1 fully saturated rings. The Morgan fingerprint density at radius 2 is 1.90 bits per heavy atom. The zero-order chi connectivity index (χ0) is 30.1. The predicted octanol–water partition coefficient (Wildman–Crippen LogP) is 5.82. The molecule has 0 bridgehead atoms. The Bertz CT molecular complexity index is 1760. The highest BCUT2D eigenvalue weighted by Crippen LogP contribution is 2.36. The van der Waals surface area contributed by atoms with Gasteiger partial charge in [-0.3, -0.25) is 9.59 Å². The van der Waals surface area contributed by atoms with Gasteiger partial charge in [0.05, 0.1) is 21.8 Å². The minimum atomic E-state index is -0.457. The fourth-order valence-corrected chi connectivity index (χ4v) is 6.02. The average Bonchev–Trinajstić information content (AvgIpc) is 2.99. The molecule has 1 aliphatic rings. The Hall–Kier alpha value is -4.30. The highest BCUT2D eigenvalue weighted by molar-refractivity contribution is 6.34. The van der Waals surface area contributed by atoms with Crippen LogP contribution in [-0.2, 0) is 11.2 Å². The number of hydrogen-bond acceptors (Lipinski definition) is 6. The van der Waals surface area contributed by atoms with E-state index < -0.39 is 5.69 Å². The van der Waals surface area contributed by atoms with E-state index in [2.05, 4.69) is 32.3 Å². The van der Waals surface area contributed by atoms with Crippen LogP contribution in [0.3, 0.4) is 0 Å². The average molecular weight is 584 g/mol. The number of pyridine rings is 1. The number of para-hydroxylation sites is 1. The zero-order valence-electron chi connectivity index (χ0n) is 24.3. The lowest BCUT2D eigenvalue weighted by atomic mass is 9.96. The number of aromatic nitrogens is 3. The van der Waals surface area contributed by atoms with E-state index in [1.165, 1.54) is 6.08 Å². The molecule has 42 heavy (non-hydrogen) atoms. The van der Waals surface area contributed by atoms with Gasteiger partial charge < -0.3 is 9.80 Å². The van der Waals surface area contributed by atoms with Crippen molar-refractivity contribution < 1.29 is 9.59 Å². The van der Waals surface area contributed by atoms with Crippen LogP contribution in [-0.4, -0.2) is 57.3 Å². The van der Waals surface area contributed by atoms with Crippen molar-refractivity contribution in [1.29, 1.82) is 0 Å². The number of halogens is 1. The van der Waals surface area contributed by atoms with E-state index in [0.29, 0.717) is 64.7 Å². The molecular formula is C33H34ClN5O3. The first-order chi connectivity index (χ1) is 20.2. The van der Waals surface area contributed by atoms with Gasteiger partial charge in [0.2, 0.25) is 5.91 Å². The number of carbonyl (C=O) groups is 2. The molecule has 2 aromatic carbocycles. The summed E-state index contributed by atoms with van der Waals surface area (Å²) in [4.78, 5) is 51.8. The number of carbonyl (C=O) groups excluding carboxylic acids is 2. The van der Waals surface area contributed by atoms with Gasteiger partial charge in [-0.05, 0) is 42.5 Å². The lowest BCUT2D eigenvalue weighted by molar-refractivity contribution is -0.126. The second kappa shape index (κ2) is 11.9. The van der Waals surface area contributed by atoms with E-state index >= 15 is 0 Å². The van der Waals surface area contributed by atoms with Crippen molar-refractivity contribution >= 4 is 40.6 Å². The zero-order valence-corrected chi connectivity index (χ0v) is 25.1. The number of nitrogens with zero attached hydrogens (tertiary/aromatic N) is 5. The minimum absolute atomic E-state index is 0.128. The van der Waals surface area contributed by atoms with Crippen molar-refractivity contribution in [2.24, 2.45) is 0 Å². The van der Waals surface area contributed by atoms with Crippen molar-refractivity contribution in [3.05, 3.63) is 93.4 Å². The van der Waals surface area contributed by atoms with Gasteiger partial charge >= 0.3 is 5.69 Å². The van der Waals surface area contributed by atoms with Crippen LogP contribution in [0, 0.1) is 0 Å². The van der Waals surface area contributed by atoms with E-state index in [-0.39, 0.29) is 17.9 Å². The number of aldehydes is 1. The molecule has 1 amide bonds. The monoisotopic (exact) mass is 583 g/mol. The van der Waals surface area contributed by atoms with Crippen LogP contribution >= 0.6 is 11.6 Å². The molecule has 0 unspecified atom stereocenters. The van der Waals surface area contributed by atoms with Gasteiger partial charge in [-0.15, -0.1) is 0 Å². The molecule has 0 saturated carbocycles. The summed E-state index contributed by atoms with van der Waals surface area (Å²) in [6, 6.07) is 14.8. The molecule has 3 heterocycles. The van der Waals surface area contributed by atoms with Gasteiger partial charge in [0.15, 0.2) is 11.9 Å². The maximum Gasteiger partial charge on any atom is 0.355 e. The Labute approximate surface area is 250 Å². The van der Waals surface area contributed by atoms with Crippen LogP contribution < -0.4 is 10.6 Å². The van der Waals surface area contributed by atoms with Crippen molar-refractivity contribution in [3.8, 4) is 16.9 Å². The van der Waals surface area contributed by atoms with Gasteiger partial charge in [-0.1, -0.05) is 81.4 Å². The minimum Gasteiger partial charge on any atom is -0.350 e. The fourth-order valence-electron chi connectivity index (χ4n) is 5.77. The topological polar surface area (TPSA) is 88.4 Å². The first-order valence-corrected chi connectivity index (χ1v) is 14.6. The molecule has 5 rings (SSSR count). The molecule has 1 aliphatic heterocycles. The second-order valence-corrected chi connectivity index (χ2v) is 11.2. The molecule has 0 N–H and O–H groups in total. The van der Waals surface area contributed by atoms with Gasteiger partial charge in [-0.25, -0.2) is 14.3 Å². The van der Waals surface area contributed by atoms with Crippen molar-refractivity contribution in [2.75, 3.05) is 24.5 Å². The smallest absolute Gasteiger partial charge is 0.350 e. The highest BCUT2D eigenvalue weighted by atomic mass is 35.5. The largest absolute Gasteiger partial charge is 0.355 e. The third-order valence-electron chi connectivity index (χ3n) is 7.91. The Morgan fingerprint density at radius 3 is 2.57 bits per heavy atom. The normalized spacial score (nSPS) is 15.3. The number of piperazine rings is 1. The summed E-state index contributed by atoms with van der Waals surface area (Å²) < 4.78 is 1.60. The third kappa shape index (κ3) is 5.11. The van der Waals surface area contributed by atoms with Crippen LogP contribution in [0.5, 0.6) is 0 Å². The summed E-state index contributed by atoms with van der Waals surface area (Å²) in [5, 5.41) is 0.953. The lowest BCUT2D eigenvalue weighted by Gasteiger charge is -2.40. The molecule has 0 radical (unpaired) electrons. The van der Waals surface area contributed by atoms with Gasteiger partial charge in [0.25, 0.3) is 0 Å². The van der Waals surface area contributed by atoms with E-state index in [4.69, 9.17) is 16.6 Å². The van der Waals surface area contributed by atoms with Gasteiger partial charge in [0.1, 0.15) is 5.82 Å². The number of amides is 1. The van der Waals surface area contributed by atoms with Crippen molar-refractivity contribution in [2.45, 2.75) is 46.1 Å². The van der Waals surface area contributed by atoms with E-state index in [1.807, 2.05) is 36.1 Å². The summed E-state index contributed by atoms with van der Waals surface area (Å²) in [7, 11) is 0. The molecule has 8 nitrogen and oxygen atoms in total. The number of hydrogen-bond donors (Lipinski definition) is 0. The number of fused-ring (bicyclic) bond motifs is 1. The summed E-state index contributed by atoms with van der Waals surface area (Å²) in [6.45, 7) is 13.2. The van der Waals surface area contributed by atoms with Crippen LogP contribution in [0.2, 0.25) is 5.02 Å². The Kier molecular flexibility index (Phi) is 8.27. The summed E-state index contributed by atoms with van der Waals surface area (Å²) in [5.41, 5.74) is 4.15. The summed E-state index contributed by atoms with van der Waals surface area (Å²) >= 11 is 6.90. The maximum absolute atomic E-state index is 14.1.